The lowest BCUT2D eigenvalue weighted by atomic mass is 9.95. The van der Waals surface area contributed by atoms with Crippen molar-refractivity contribution < 1.29 is 28.5 Å². The number of hydrogen-bond donors (Lipinski definition) is 0. The molecule has 0 fully saturated rings. The number of benzene rings is 2. The fourth-order valence-corrected chi connectivity index (χ4v) is 5.39. The molecule has 2 aliphatic rings. The number of rotatable bonds is 6. The first-order chi connectivity index (χ1) is 17.5. The Morgan fingerprint density at radius 2 is 2.00 bits per heavy atom. The summed E-state index contributed by atoms with van der Waals surface area (Å²) in [6.07, 6.45) is 1.74. The molecule has 0 radical (unpaired) electrons. The van der Waals surface area contributed by atoms with Gasteiger partial charge in [-0.1, -0.05) is 29.5 Å². The first-order valence-electron chi connectivity index (χ1n) is 11.3. The fraction of sp³-hybridized carbons (Fsp3) is 0.269. The number of nitrogens with zero attached hydrogens (tertiary/aromatic N) is 2. The normalized spacial score (nSPS) is 16.4. The van der Waals surface area contributed by atoms with Gasteiger partial charge in [-0.25, -0.2) is 9.79 Å². The van der Waals surface area contributed by atoms with Crippen LogP contribution in [0.3, 0.4) is 0 Å². The molecule has 5 rings (SSSR count). The predicted octanol–water partition coefficient (Wildman–Crippen LogP) is 2.54. The summed E-state index contributed by atoms with van der Waals surface area (Å²) in [5.74, 6) is 1.70. The topological polar surface area (TPSA) is 97.6 Å². The number of allylic oxidation sites excluding steroid dienone is 1. The van der Waals surface area contributed by atoms with Gasteiger partial charge in [-0.3, -0.25) is 9.36 Å². The molecule has 186 valence electrons. The number of aromatic nitrogens is 1. The van der Waals surface area contributed by atoms with Gasteiger partial charge < -0.3 is 23.7 Å². The van der Waals surface area contributed by atoms with Crippen LogP contribution < -0.4 is 33.8 Å². The largest absolute Gasteiger partial charge is 0.493 e. The first kappa shape index (κ1) is 23.7. The van der Waals surface area contributed by atoms with Crippen LogP contribution in [0.5, 0.6) is 23.0 Å². The summed E-state index contributed by atoms with van der Waals surface area (Å²) in [5.41, 5.74) is 1.86. The standard InChI is InChI=1S/C26H24N2O7S/c1-5-33-25(30)21-14(2)27-26-28(22(21)15-9-10-17-19(11-15)35-13-34-17)24(29)20(36-26)12-16-7-6-8-18(31-3)23(16)32-4/h6-12,22H,5,13H2,1-4H3/b20-12+. The number of ether oxygens (including phenoxy) is 5. The summed E-state index contributed by atoms with van der Waals surface area (Å²) in [5, 5.41) is 0. The second-order valence-electron chi connectivity index (χ2n) is 8.00. The van der Waals surface area contributed by atoms with Crippen LogP contribution in [-0.2, 0) is 9.53 Å². The summed E-state index contributed by atoms with van der Waals surface area (Å²) in [6, 6.07) is 10.1. The second-order valence-corrected chi connectivity index (χ2v) is 9.01. The van der Waals surface area contributed by atoms with Gasteiger partial charge in [-0.2, -0.15) is 0 Å². The smallest absolute Gasteiger partial charge is 0.338 e. The van der Waals surface area contributed by atoms with Gasteiger partial charge in [0, 0.05) is 5.56 Å². The number of thiazole rings is 1. The maximum Gasteiger partial charge on any atom is 0.338 e. The van der Waals surface area contributed by atoms with Gasteiger partial charge in [0.15, 0.2) is 27.8 Å². The van der Waals surface area contributed by atoms with Crippen LogP contribution in [0.15, 0.2) is 57.5 Å². The van der Waals surface area contributed by atoms with E-state index in [1.165, 1.54) is 15.9 Å². The number of hydrogen-bond acceptors (Lipinski definition) is 9. The van der Waals surface area contributed by atoms with Crippen molar-refractivity contribution in [1.29, 1.82) is 0 Å². The van der Waals surface area contributed by atoms with Crippen molar-refractivity contribution in [2.75, 3.05) is 27.6 Å². The van der Waals surface area contributed by atoms with E-state index >= 15 is 0 Å². The third-order valence-corrected chi connectivity index (χ3v) is 6.93. The quantitative estimate of drug-likeness (QED) is 0.472. The molecule has 10 heteroatoms. The molecular weight excluding hydrogens is 484 g/mol. The summed E-state index contributed by atoms with van der Waals surface area (Å²) in [4.78, 5) is 31.9. The minimum atomic E-state index is -0.746. The Kier molecular flexibility index (Phi) is 6.27. The highest BCUT2D eigenvalue weighted by atomic mass is 32.1. The van der Waals surface area contributed by atoms with Crippen LogP contribution >= 0.6 is 11.3 Å². The van der Waals surface area contributed by atoms with Crippen LogP contribution in [-0.4, -0.2) is 38.2 Å². The number of carbonyl (C=O) groups is 1. The third kappa shape index (κ3) is 3.93. The van der Waals surface area contributed by atoms with E-state index in [4.69, 9.17) is 23.7 Å². The predicted molar refractivity (Wildman–Crippen MR) is 133 cm³/mol. The van der Waals surface area contributed by atoms with Crippen LogP contribution in [0.1, 0.15) is 31.0 Å². The third-order valence-electron chi connectivity index (χ3n) is 5.95. The number of esters is 1. The zero-order chi connectivity index (χ0) is 25.4. The number of para-hydroxylation sites is 1. The van der Waals surface area contributed by atoms with Crippen LogP contribution in [0.25, 0.3) is 6.08 Å². The van der Waals surface area contributed by atoms with Crippen molar-refractivity contribution in [2.45, 2.75) is 19.9 Å². The van der Waals surface area contributed by atoms with Crippen LogP contribution in [0, 0.1) is 0 Å². The maximum absolute atomic E-state index is 13.8. The minimum Gasteiger partial charge on any atom is -0.493 e. The minimum absolute atomic E-state index is 0.115. The monoisotopic (exact) mass is 508 g/mol. The van der Waals surface area contributed by atoms with Gasteiger partial charge in [0.1, 0.15) is 0 Å². The Labute approximate surface area is 210 Å². The molecule has 0 bridgehead atoms. The van der Waals surface area contributed by atoms with Crippen molar-refractivity contribution in [3.63, 3.8) is 0 Å². The van der Waals surface area contributed by atoms with Crippen molar-refractivity contribution in [3.05, 3.63) is 78.5 Å². The van der Waals surface area contributed by atoms with Gasteiger partial charge in [-0.05, 0) is 43.7 Å². The van der Waals surface area contributed by atoms with Crippen molar-refractivity contribution in [1.82, 2.24) is 4.57 Å². The second kappa shape index (κ2) is 9.54. The molecule has 1 aromatic heterocycles. The van der Waals surface area contributed by atoms with Crippen molar-refractivity contribution in [2.24, 2.45) is 4.99 Å². The van der Waals surface area contributed by atoms with E-state index in [0.29, 0.717) is 54.7 Å². The number of carbonyl (C=O) groups excluding carboxylic acids is 1. The molecule has 9 nitrogen and oxygen atoms in total. The van der Waals surface area contributed by atoms with E-state index in [-0.39, 0.29) is 19.0 Å². The Balaban J connectivity index is 1.73. The molecule has 2 aromatic carbocycles. The zero-order valence-corrected chi connectivity index (χ0v) is 21.0. The number of fused-ring (bicyclic) bond motifs is 2. The molecule has 2 aliphatic heterocycles. The Morgan fingerprint density at radius 1 is 1.19 bits per heavy atom. The summed E-state index contributed by atoms with van der Waals surface area (Å²) in [7, 11) is 3.10. The highest BCUT2D eigenvalue weighted by Gasteiger charge is 2.34. The van der Waals surface area contributed by atoms with E-state index in [1.807, 2.05) is 18.2 Å². The molecule has 0 saturated carbocycles. The van der Waals surface area contributed by atoms with E-state index < -0.39 is 12.0 Å². The lowest BCUT2D eigenvalue weighted by Gasteiger charge is -2.24. The average molecular weight is 509 g/mol. The van der Waals surface area contributed by atoms with Gasteiger partial charge in [-0.15, -0.1) is 0 Å². The molecule has 3 aromatic rings. The van der Waals surface area contributed by atoms with Gasteiger partial charge >= 0.3 is 5.97 Å². The molecule has 1 atom stereocenters. The highest BCUT2D eigenvalue weighted by molar-refractivity contribution is 7.07. The maximum atomic E-state index is 13.8. The summed E-state index contributed by atoms with van der Waals surface area (Å²) in [6.45, 7) is 3.79. The van der Waals surface area contributed by atoms with Crippen LogP contribution in [0.4, 0.5) is 0 Å². The molecule has 0 aliphatic carbocycles. The van der Waals surface area contributed by atoms with Gasteiger partial charge in [0.05, 0.1) is 42.7 Å². The Morgan fingerprint density at radius 3 is 2.75 bits per heavy atom. The number of methoxy groups -OCH3 is 2. The van der Waals surface area contributed by atoms with E-state index in [1.54, 1.807) is 52.3 Å². The zero-order valence-electron chi connectivity index (χ0n) is 20.2. The van der Waals surface area contributed by atoms with Gasteiger partial charge in [0.25, 0.3) is 5.56 Å². The van der Waals surface area contributed by atoms with Crippen LogP contribution in [0.2, 0.25) is 0 Å². The fourth-order valence-electron chi connectivity index (χ4n) is 4.36. The van der Waals surface area contributed by atoms with Crippen molar-refractivity contribution in [3.8, 4) is 23.0 Å². The molecule has 36 heavy (non-hydrogen) atoms. The highest BCUT2D eigenvalue weighted by Crippen LogP contribution is 2.38. The van der Waals surface area contributed by atoms with Gasteiger partial charge in [0.2, 0.25) is 6.79 Å². The molecule has 0 N–H and O–H groups in total. The molecular formula is C26H24N2O7S. The van der Waals surface area contributed by atoms with E-state index in [2.05, 4.69) is 4.99 Å². The lowest BCUT2D eigenvalue weighted by Crippen LogP contribution is -2.39. The first-order valence-corrected chi connectivity index (χ1v) is 12.1. The summed E-state index contributed by atoms with van der Waals surface area (Å²) >= 11 is 1.23. The Hall–Kier alpha value is -4.05. The summed E-state index contributed by atoms with van der Waals surface area (Å²) < 4.78 is 29.2. The van der Waals surface area contributed by atoms with E-state index in [0.717, 1.165) is 0 Å². The lowest BCUT2D eigenvalue weighted by molar-refractivity contribution is -0.139. The van der Waals surface area contributed by atoms with Crippen molar-refractivity contribution >= 4 is 23.4 Å². The molecule has 3 heterocycles. The SMILES string of the molecule is CCOC(=O)C1=C(C)N=c2s/c(=C/c3cccc(OC)c3OC)c(=O)n2C1c1ccc2c(c1)OCO2. The Bertz CT molecular complexity index is 1570. The average Bonchev–Trinajstić information content (AvgIpc) is 3.46. The molecule has 0 spiro atoms. The molecule has 1 unspecified atom stereocenters. The molecule has 0 saturated heterocycles. The van der Waals surface area contributed by atoms with E-state index in [9.17, 15) is 9.59 Å². The molecule has 0 amide bonds.